The summed E-state index contributed by atoms with van der Waals surface area (Å²) in [5, 5.41) is 4.12. The monoisotopic (exact) mass is 492 g/mol. The Balaban J connectivity index is 0.00000272. The maximum Gasteiger partial charge on any atom is 0.161 e. The Bertz CT molecular complexity index is 989. The first-order valence-corrected chi connectivity index (χ1v) is 12.0. The number of halogens is 1. The van der Waals surface area contributed by atoms with E-state index in [9.17, 15) is 0 Å². The molecule has 0 aliphatic heterocycles. The lowest BCUT2D eigenvalue weighted by molar-refractivity contribution is -0.00000642. The standard InChI is InChI=1S/C27H26O2P.BrH/c1-28-26-19-18-22(20-27(26)29-2)21-30(23-12-6-3-7-13-23,24-14-8-4-9-15-24)25-16-10-5-11-17-25;/h3-20H,21H2,1-2H3;1H/q+1;/p-1. The second-order valence-electron chi connectivity index (χ2n) is 7.16. The van der Waals surface area contributed by atoms with E-state index in [0.29, 0.717) is 0 Å². The van der Waals surface area contributed by atoms with Crippen LogP contribution in [-0.4, -0.2) is 14.2 Å². The molecule has 0 spiro atoms. The van der Waals surface area contributed by atoms with Crippen molar-refractivity contribution in [1.82, 2.24) is 0 Å². The van der Waals surface area contributed by atoms with Crippen LogP contribution in [0.5, 0.6) is 11.5 Å². The van der Waals surface area contributed by atoms with Gasteiger partial charge in [0.15, 0.2) is 11.5 Å². The molecule has 0 saturated carbocycles. The van der Waals surface area contributed by atoms with E-state index in [1.54, 1.807) is 14.2 Å². The zero-order chi connectivity index (χ0) is 20.8. The molecule has 0 aliphatic carbocycles. The first-order valence-electron chi connectivity index (χ1n) is 10.0. The number of rotatable bonds is 7. The van der Waals surface area contributed by atoms with Gasteiger partial charge in [-0.05, 0) is 54.1 Å². The SMILES string of the molecule is COc1ccc(C[P+](c2ccccc2)(c2ccccc2)c2ccccc2)cc1OC.[Br-]. The van der Waals surface area contributed by atoms with Gasteiger partial charge in [0.25, 0.3) is 0 Å². The Morgan fingerprint density at radius 3 is 1.35 bits per heavy atom. The highest BCUT2D eigenvalue weighted by Crippen LogP contribution is 2.58. The quantitative estimate of drug-likeness (QED) is 0.368. The Morgan fingerprint density at radius 2 is 0.968 bits per heavy atom. The molecule has 0 heterocycles. The second kappa shape index (κ2) is 10.6. The molecule has 4 heteroatoms. The van der Waals surface area contributed by atoms with Crippen molar-refractivity contribution in [2.24, 2.45) is 0 Å². The van der Waals surface area contributed by atoms with Gasteiger partial charge in [0.05, 0.1) is 20.4 Å². The minimum absolute atomic E-state index is 0. The topological polar surface area (TPSA) is 18.5 Å². The van der Waals surface area contributed by atoms with Crippen LogP contribution in [0, 0.1) is 0 Å². The summed E-state index contributed by atoms with van der Waals surface area (Å²) in [6, 6.07) is 39.0. The highest BCUT2D eigenvalue weighted by molar-refractivity contribution is 7.95. The third-order valence-corrected chi connectivity index (χ3v) is 9.84. The molecule has 0 aliphatic rings. The lowest BCUT2D eigenvalue weighted by Gasteiger charge is -2.28. The summed E-state index contributed by atoms with van der Waals surface area (Å²) < 4.78 is 11.1. The number of benzene rings is 4. The van der Waals surface area contributed by atoms with Crippen molar-refractivity contribution in [3.05, 3.63) is 115 Å². The smallest absolute Gasteiger partial charge is 0.161 e. The van der Waals surface area contributed by atoms with E-state index in [4.69, 9.17) is 9.47 Å². The Morgan fingerprint density at radius 1 is 0.548 bits per heavy atom. The molecule has 0 bridgehead atoms. The van der Waals surface area contributed by atoms with Crippen LogP contribution in [0.25, 0.3) is 0 Å². The van der Waals surface area contributed by atoms with Gasteiger partial charge in [-0.1, -0.05) is 60.7 Å². The molecule has 0 radical (unpaired) electrons. The molecule has 0 unspecified atom stereocenters. The van der Waals surface area contributed by atoms with Gasteiger partial charge in [0.1, 0.15) is 23.2 Å². The van der Waals surface area contributed by atoms with Crippen LogP contribution < -0.4 is 42.4 Å². The van der Waals surface area contributed by atoms with Gasteiger partial charge in [-0.15, -0.1) is 0 Å². The van der Waals surface area contributed by atoms with Crippen LogP contribution in [0.15, 0.2) is 109 Å². The first kappa shape index (κ1) is 23.1. The molecule has 2 nitrogen and oxygen atoms in total. The molecule has 0 amide bonds. The predicted molar refractivity (Wildman–Crippen MR) is 128 cm³/mol. The highest BCUT2D eigenvalue weighted by atomic mass is 79.9. The third-order valence-electron chi connectivity index (χ3n) is 5.46. The van der Waals surface area contributed by atoms with Crippen molar-refractivity contribution >= 4 is 23.2 Å². The van der Waals surface area contributed by atoms with E-state index < -0.39 is 7.26 Å². The minimum Gasteiger partial charge on any atom is -1.00 e. The minimum atomic E-state index is -1.93. The molecule has 158 valence electrons. The van der Waals surface area contributed by atoms with Crippen LogP contribution in [0.3, 0.4) is 0 Å². The summed E-state index contributed by atoms with van der Waals surface area (Å²) in [5.41, 5.74) is 1.23. The zero-order valence-electron chi connectivity index (χ0n) is 17.7. The van der Waals surface area contributed by atoms with Gasteiger partial charge >= 0.3 is 0 Å². The molecule has 0 aromatic heterocycles. The van der Waals surface area contributed by atoms with E-state index >= 15 is 0 Å². The highest BCUT2D eigenvalue weighted by Gasteiger charge is 2.45. The summed E-state index contributed by atoms with van der Waals surface area (Å²) in [4.78, 5) is 0. The lowest BCUT2D eigenvalue weighted by atomic mass is 10.2. The van der Waals surface area contributed by atoms with Gasteiger partial charge < -0.3 is 26.5 Å². The van der Waals surface area contributed by atoms with Gasteiger partial charge in [-0.3, -0.25) is 0 Å². The van der Waals surface area contributed by atoms with E-state index in [1.165, 1.54) is 21.5 Å². The number of hydrogen-bond donors (Lipinski definition) is 0. The van der Waals surface area contributed by atoms with Crippen LogP contribution in [0.1, 0.15) is 5.56 Å². The second-order valence-corrected chi connectivity index (χ2v) is 10.6. The van der Waals surface area contributed by atoms with Crippen LogP contribution in [0.2, 0.25) is 0 Å². The molecule has 4 rings (SSSR count). The molecule has 31 heavy (non-hydrogen) atoms. The molecular formula is C27H26BrO2P. The van der Waals surface area contributed by atoms with Gasteiger partial charge in [0, 0.05) is 0 Å². The Kier molecular flexibility index (Phi) is 7.90. The summed E-state index contributed by atoms with van der Waals surface area (Å²) in [5.74, 6) is 1.52. The number of methoxy groups -OCH3 is 2. The summed E-state index contributed by atoms with van der Waals surface area (Å²) in [7, 11) is 1.44. The van der Waals surface area contributed by atoms with Crippen molar-refractivity contribution in [2.45, 2.75) is 6.16 Å². The van der Waals surface area contributed by atoms with E-state index in [1.807, 2.05) is 6.07 Å². The lowest BCUT2D eigenvalue weighted by Crippen LogP contribution is -3.00. The van der Waals surface area contributed by atoms with Gasteiger partial charge in [-0.25, -0.2) is 0 Å². The van der Waals surface area contributed by atoms with Crippen LogP contribution >= 0.6 is 7.26 Å². The molecule has 4 aromatic rings. The average molecular weight is 493 g/mol. The maximum absolute atomic E-state index is 5.60. The third kappa shape index (κ3) is 4.69. The molecule has 0 fully saturated rings. The maximum atomic E-state index is 5.60. The van der Waals surface area contributed by atoms with Crippen LogP contribution in [-0.2, 0) is 6.16 Å². The fourth-order valence-electron chi connectivity index (χ4n) is 4.02. The largest absolute Gasteiger partial charge is 1.00 e. The van der Waals surface area contributed by atoms with Crippen molar-refractivity contribution in [2.75, 3.05) is 14.2 Å². The normalized spacial score (nSPS) is 10.8. The molecule has 0 saturated heterocycles. The fourth-order valence-corrected chi connectivity index (χ4v) is 8.25. The van der Waals surface area contributed by atoms with Gasteiger partial charge in [-0.2, -0.15) is 0 Å². The molecule has 0 N–H and O–H groups in total. The van der Waals surface area contributed by atoms with E-state index in [-0.39, 0.29) is 17.0 Å². The average Bonchev–Trinajstić information content (AvgIpc) is 2.84. The molecule has 0 atom stereocenters. The molecule has 4 aromatic carbocycles. The molecular weight excluding hydrogens is 467 g/mol. The van der Waals surface area contributed by atoms with E-state index in [0.717, 1.165) is 17.7 Å². The predicted octanol–water partition coefficient (Wildman–Crippen LogP) is 2.20. The van der Waals surface area contributed by atoms with Crippen LogP contribution in [0.4, 0.5) is 0 Å². The van der Waals surface area contributed by atoms with Crippen molar-refractivity contribution in [3.8, 4) is 11.5 Å². The van der Waals surface area contributed by atoms with Gasteiger partial charge in [0.2, 0.25) is 0 Å². The van der Waals surface area contributed by atoms with Crippen molar-refractivity contribution in [1.29, 1.82) is 0 Å². The van der Waals surface area contributed by atoms with E-state index in [2.05, 4.69) is 103 Å². The Labute approximate surface area is 196 Å². The fraction of sp³-hybridized carbons (Fsp3) is 0.111. The zero-order valence-corrected chi connectivity index (χ0v) is 20.2. The summed E-state index contributed by atoms with van der Waals surface area (Å²) >= 11 is 0. The van der Waals surface area contributed by atoms with Crippen molar-refractivity contribution in [3.63, 3.8) is 0 Å². The summed E-state index contributed by atoms with van der Waals surface area (Å²) in [6.45, 7) is 0. The first-order chi connectivity index (χ1) is 14.8. The Hall–Kier alpha value is -2.61. The van der Waals surface area contributed by atoms with Crippen molar-refractivity contribution < 1.29 is 26.5 Å². The number of ether oxygens (including phenoxy) is 2. The summed E-state index contributed by atoms with van der Waals surface area (Å²) in [6.07, 6.45) is 0.908. The number of hydrogen-bond acceptors (Lipinski definition) is 2.